The number of carboxylic acid groups (broad SMARTS) is 1. The second kappa shape index (κ2) is 39.4. The van der Waals surface area contributed by atoms with Crippen LogP contribution in [0.4, 0.5) is 0 Å². The Bertz CT molecular complexity index is 2150. The summed E-state index contributed by atoms with van der Waals surface area (Å²) in [6.45, 7) is 15.5. The van der Waals surface area contributed by atoms with E-state index in [-0.39, 0.29) is 25.3 Å². The van der Waals surface area contributed by atoms with Gasteiger partial charge in [0, 0.05) is 0 Å². The van der Waals surface area contributed by atoms with Crippen LogP contribution in [-0.4, -0.2) is 187 Å². The highest BCUT2D eigenvalue weighted by molar-refractivity contribution is 5.98. The van der Waals surface area contributed by atoms with Crippen LogP contribution < -0.4 is 81.0 Å². The Labute approximate surface area is 480 Å². The van der Waals surface area contributed by atoms with Crippen LogP contribution in [0.1, 0.15) is 121 Å². The molecule has 0 radical (unpaired) electrons. The summed E-state index contributed by atoms with van der Waals surface area (Å²) in [5, 5.41) is 47.9. The number of amides is 12. The number of aliphatic hydroxyl groups is 1. The number of hydrogen-bond donors (Lipinski definition) is 17. The molecule has 0 heterocycles. The van der Waals surface area contributed by atoms with Crippen molar-refractivity contribution in [1.29, 1.82) is 0 Å². The van der Waals surface area contributed by atoms with Crippen molar-refractivity contribution in [2.45, 2.75) is 175 Å². The fraction of sp³-hybridized carbons (Fsp3) is 0.750. The number of carbonyl (C=O) groups excluding carboxylic acids is 12. The number of carboxylic acids is 1. The molecule has 20 N–H and O–H groups in total. The Morgan fingerprint density at radius 1 is 0.378 bits per heavy atom. The van der Waals surface area contributed by atoms with E-state index in [9.17, 15) is 72.5 Å². The van der Waals surface area contributed by atoms with Crippen LogP contribution in [-0.2, 0) is 62.3 Å². The first kappa shape index (κ1) is 75.0. The molecule has 0 saturated heterocycles. The summed E-state index contributed by atoms with van der Waals surface area (Å²) in [6.07, 6.45) is 2.88. The van der Waals surface area contributed by atoms with Crippen LogP contribution >= 0.6 is 0 Å². The van der Waals surface area contributed by atoms with Gasteiger partial charge in [-0.05, 0) is 88.1 Å². The van der Waals surface area contributed by atoms with E-state index in [2.05, 4.69) is 63.8 Å². The summed E-state index contributed by atoms with van der Waals surface area (Å²) < 4.78 is 0. The van der Waals surface area contributed by atoms with E-state index in [1.54, 1.807) is 55.4 Å². The van der Waals surface area contributed by atoms with Crippen molar-refractivity contribution in [2.24, 2.45) is 46.8 Å². The van der Waals surface area contributed by atoms with Gasteiger partial charge < -0.3 is 91.2 Å². The highest BCUT2D eigenvalue weighted by Crippen LogP contribution is 2.12. The molecule has 0 aliphatic carbocycles. The van der Waals surface area contributed by atoms with Crippen molar-refractivity contribution < 1.29 is 72.5 Å². The van der Waals surface area contributed by atoms with E-state index in [0.717, 1.165) is 0 Å². The standard InChI is InChI=1S/C52H95N15O15/c1-26(2)20-34(62-45(74)32(55)16-12-14-18-53)47(76)65-42(29(7)8)50(79)67-43(30(9)10)51(80)66-41(28(5)6)49(78)58-23-37(70)60-31(11)44(73)57-21-36(69)56-22-39(72)64-40(27(3)4)48(77)59-24-38(71)61-33(17-13-15-19-54)46(75)63-35(25-68)52(81)82/h26-35,40-43,68H,12-25,53-55H2,1-11H3,(H,56,69)(H,57,73)(H,58,78)(H,59,77)(H,60,70)(H,61,71)(H,62,74)(H,63,75)(H,64,72)(H,65,76)(H,66,80)(H,67,79)(H,81,82)/t31-,32-,33-,34-,35-,40-,41-,42-,43-/m0/s1. The second-order valence-electron chi connectivity index (χ2n) is 21.8. The second-order valence-corrected chi connectivity index (χ2v) is 21.8. The van der Waals surface area contributed by atoms with Crippen LogP contribution in [0.3, 0.4) is 0 Å². The monoisotopic (exact) mass is 1170 g/mol. The highest BCUT2D eigenvalue weighted by Gasteiger charge is 2.36. The number of unbranched alkanes of at least 4 members (excludes halogenated alkanes) is 2. The van der Waals surface area contributed by atoms with Crippen LogP contribution in [0, 0.1) is 29.6 Å². The summed E-state index contributed by atoms with van der Waals surface area (Å²) in [5.41, 5.74) is 17.1. The molecule has 0 aromatic heterocycles. The molecule has 0 aromatic carbocycles. The number of nitrogens with one attached hydrogen (secondary N) is 12. The quantitative estimate of drug-likeness (QED) is 0.0255. The van der Waals surface area contributed by atoms with Crippen molar-refractivity contribution in [3.05, 3.63) is 0 Å². The van der Waals surface area contributed by atoms with Gasteiger partial charge in [-0.3, -0.25) is 57.5 Å². The number of hydrogen-bond acceptors (Lipinski definition) is 17. The fourth-order valence-corrected chi connectivity index (χ4v) is 7.66. The van der Waals surface area contributed by atoms with Crippen LogP contribution in [0.15, 0.2) is 0 Å². The molecule has 0 aliphatic rings. The van der Waals surface area contributed by atoms with E-state index in [4.69, 9.17) is 17.2 Å². The van der Waals surface area contributed by atoms with E-state index >= 15 is 0 Å². The number of aliphatic carboxylic acids is 1. The van der Waals surface area contributed by atoms with Gasteiger partial charge in [0.15, 0.2) is 0 Å². The van der Waals surface area contributed by atoms with Gasteiger partial charge in [-0.15, -0.1) is 0 Å². The van der Waals surface area contributed by atoms with E-state index in [0.29, 0.717) is 38.6 Å². The van der Waals surface area contributed by atoms with Crippen LogP contribution in [0.25, 0.3) is 0 Å². The topological polar surface area (TPSA) is 485 Å². The molecule has 0 aromatic rings. The van der Waals surface area contributed by atoms with Crippen molar-refractivity contribution >= 4 is 76.9 Å². The van der Waals surface area contributed by atoms with Crippen molar-refractivity contribution in [2.75, 3.05) is 45.9 Å². The lowest BCUT2D eigenvalue weighted by molar-refractivity contribution is -0.143. The van der Waals surface area contributed by atoms with E-state index in [1.807, 2.05) is 13.8 Å². The zero-order valence-corrected chi connectivity index (χ0v) is 49.4. The number of carbonyl (C=O) groups is 13. The predicted octanol–water partition coefficient (Wildman–Crippen LogP) is -5.32. The van der Waals surface area contributed by atoms with Gasteiger partial charge in [0.2, 0.25) is 70.9 Å². The summed E-state index contributed by atoms with van der Waals surface area (Å²) in [6, 6.07) is -10.7. The van der Waals surface area contributed by atoms with Crippen LogP contribution in [0.5, 0.6) is 0 Å². The Hall–Kier alpha value is -7.05. The maximum absolute atomic E-state index is 13.8. The summed E-state index contributed by atoms with van der Waals surface area (Å²) in [7, 11) is 0. The normalized spacial score (nSPS) is 14.5. The van der Waals surface area contributed by atoms with Gasteiger partial charge in [0.25, 0.3) is 0 Å². The first-order valence-electron chi connectivity index (χ1n) is 27.8. The van der Waals surface area contributed by atoms with E-state index < -0.39 is 188 Å². The molecule has 9 atom stereocenters. The van der Waals surface area contributed by atoms with Gasteiger partial charge in [0.1, 0.15) is 48.3 Å². The Kier molecular flexibility index (Phi) is 36.0. The molecule has 0 bridgehead atoms. The molecule has 30 nitrogen and oxygen atoms in total. The lowest BCUT2D eigenvalue weighted by Crippen LogP contribution is -2.61. The third-order valence-electron chi connectivity index (χ3n) is 12.5. The summed E-state index contributed by atoms with van der Waals surface area (Å²) in [4.78, 5) is 168. The van der Waals surface area contributed by atoms with Crippen LogP contribution in [0.2, 0.25) is 0 Å². The van der Waals surface area contributed by atoms with Gasteiger partial charge in [-0.2, -0.15) is 0 Å². The number of aliphatic hydroxyl groups excluding tert-OH is 1. The van der Waals surface area contributed by atoms with Gasteiger partial charge in [-0.1, -0.05) is 75.7 Å². The largest absolute Gasteiger partial charge is 0.480 e. The molecule has 0 unspecified atom stereocenters. The molecule has 30 heteroatoms. The molecular weight excluding hydrogens is 1070 g/mol. The van der Waals surface area contributed by atoms with Gasteiger partial charge in [-0.25, -0.2) is 4.79 Å². The predicted molar refractivity (Wildman–Crippen MR) is 300 cm³/mol. The minimum atomic E-state index is -1.62. The third kappa shape index (κ3) is 29.6. The Morgan fingerprint density at radius 2 is 0.756 bits per heavy atom. The maximum atomic E-state index is 13.8. The molecule has 0 spiro atoms. The average molecular weight is 1170 g/mol. The van der Waals surface area contributed by atoms with Gasteiger partial charge in [0.05, 0.1) is 38.8 Å². The fourth-order valence-electron chi connectivity index (χ4n) is 7.66. The van der Waals surface area contributed by atoms with Crippen molar-refractivity contribution in [3.8, 4) is 0 Å². The molecule has 0 aliphatic heterocycles. The molecule has 82 heavy (non-hydrogen) atoms. The Balaban J connectivity index is 5.38. The Morgan fingerprint density at radius 3 is 1.21 bits per heavy atom. The molecule has 0 fully saturated rings. The van der Waals surface area contributed by atoms with E-state index in [1.165, 1.54) is 6.92 Å². The molecular formula is C52H95N15O15. The highest BCUT2D eigenvalue weighted by atomic mass is 16.4. The minimum absolute atomic E-state index is 0.0213. The minimum Gasteiger partial charge on any atom is -0.480 e. The summed E-state index contributed by atoms with van der Waals surface area (Å²) >= 11 is 0. The zero-order chi connectivity index (χ0) is 63.0. The maximum Gasteiger partial charge on any atom is 0.328 e. The third-order valence-corrected chi connectivity index (χ3v) is 12.5. The smallest absolute Gasteiger partial charge is 0.328 e. The SMILES string of the molecule is CC(C)C[C@H](NC(=O)[C@@H](N)CCCCN)C(=O)N[C@H](C(=O)N[C@H](C(=O)N[C@H](C(=O)NCC(=O)N[C@@H](C)C(=O)NCC(=O)NCC(=O)N[C@H](C(=O)NCC(=O)N[C@@H](CCCCN)C(=O)N[C@@H](CO)C(=O)O)C(C)C)C(C)C)C(C)C)C(C)C. The van der Waals surface area contributed by atoms with Crippen molar-refractivity contribution in [3.63, 3.8) is 0 Å². The molecule has 0 rings (SSSR count). The molecule has 0 saturated carbocycles. The average Bonchev–Trinajstić information content (AvgIpc) is 3.39. The molecule has 12 amide bonds. The van der Waals surface area contributed by atoms with Crippen molar-refractivity contribution in [1.82, 2.24) is 63.8 Å². The zero-order valence-electron chi connectivity index (χ0n) is 49.4. The van der Waals surface area contributed by atoms with Gasteiger partial charge >= 0.3 is 5.97 Å². The molecule has 468 valence electrons. The number of nitrogens with two attached hydrogens (primary N) is 3. The summed E-state index contributed by atoms with van der Waals surface area (Å²) in [5.74, 6) is -12.6. The lowest BCUT2D eigenvalue weighted by atomic mass is 9.97. The number of rotatable bonds is 40. The first-order valence-corrected chi connectivity index (χ1v) is 27.8. The lowest BCUT2D eigenvalue weighted by Gasteiger charge is -2.30. The first-order chi connectivity index (χ1) is 38.3.